The van der Waals surface area contributed by atoms with Gasteiger partial charge in [0.05, 0.1) is 6.61 Å². The monoisotopic (exact) mass is 283 g/mol. The average molecular weight is 284 g/mol. The number of ether oxygens (including phenoxy) is 1. The van der Waals surface area contributed by atoms with Crippen molar-refractivity contribution in [2.24, 2.45) is 0 Å². The lowest BCUT2D eigenvalue weighted by Crippen LogP contribution is -2.59. The summed E-state index contributed by atoms with van der Waals surface area (Å²) in [4.78, 5) is 35.2. The highest BCUT2D eigenvalue weighted by Crippen LogP contribution is 2.33. The molecule has 7 heteroatoms. The first-order valence-electron chi connectivity index (χ1n) is 5.68. The fraction of sp³-hybridized carbons (Fsp3) is 0.250. The predicted octanol–water partition coefficient (Wildman–Crippen LogP) is 1.57. The quantitative estimate of drug-likeness (QED) is 0.675. The lowest BCUT2D eigenvalue weighted by atomic mass is 10.1. The van der Waals surface area contributed by atoms with E-state index in [0.29, 0.717) is 0 Å². The van der Waals surface area contributed by atoms with Crippen LogP contribution in [0.15, 0.2) is 24.3 Å². The first-order valence-corrected chi connectivity index (χ1v) is 6.01. The molecule has 0 radical (unpaired) electrons. The molecule has 0 bridgehead atoms. The second-order valence-corrected chi connectivity index (χ2v) is 4.53. The Kier molecular flexibility index (Phi) is 3.55. The zero-order valence-corrected chi connectivity index (χ0v) is 10.9. The van der Waals surface area contributed by atoms with E-state index in [0.717, 1.165) is 0 Å². The molecule has 0 aliphatic carbocycles. The third-order valence-corrected chi connectivity index (χ3v) is 3.18. The number of amides is 3. The molecule has 2 rings (SSSR count). The maximum atomic E-state index is 11.9. The molecule has 0 aromatic heterocycles. The summed E-state index contributed by atoms with van der Waals surface area (Å²) < 4.78 is 3.95. The van der Waals surface area contributed by atoms with Gasteiger partial charge in [-0.1, -0.05) is 16.1 Å². The summed E-state index contributed by atoms with van der Waals surface area (Å²) in [5.74, 6) is -1.14. The normalized spacial score (nSPS) is 21.6. The number of para-hydroxylation sites is 1. The lowest BCUT2D eigenvalue weighted by molar-refractivity contribution is -0.142. The van der Waals surface area contributed by atoms with Gasteiger partial charge in [0.15, 0.2) is 17.5 Å². The van der Waals surface area contributed by atoms with E-state index < -0.39 is 21.9 Å². The van der Waals surface area contributed by atoms with Crippen molar-refractivity contribution in [1.82, 2.24) is 9.32 Å². The minimum atomic E-state index is -0.846. The molecule has 1 aliphatic rings. The van der Waals surface area contributed by atoms with Crippen LogP contribution in [-0.4, -0.2) is 31.1 Å². The van der Waals surface area contributed by atoms with Crippen molar-refractivity contribution in [3.63, 3.8) is 0 Å². The Labute approximate surface area is 114 Å². The number of esters is 1. The number of carbonyl (C=O) groups excluding carboxylic acids is 3. The van der Waals surface area contributed by atoms with Crippen LogP contribution in [0.1, 0.15) is 17.3 Å². The zero-order valence-electron chi connectivity index (χ0n) is 10.2. The number of quaternary nitrogens is 1. The molecule has 0 saturated heterocycles. The molecule has 1 unspecified atom stereocenters. The van der Waals surface area contributed by atoms with E-state index in [-0.39, 0.29) is 24.4 Å². The average Bonchev–Trinajstić information content (AvgIpc) is 2.37. The van der Waals surface area contributed by atoms with Gasteiger partial charge in [0.2, 0.25) is 6.54 Å². The first-order chi connectivity index (χ1) is 8.99. The zero-order chi connectivity index (χ0) is 14.0. The number of carbonyl (C=O) groups is 3. The smallest absolute Gasteiger partial charge is 0.447 e. The molecule has 6 nitrogen and oxygen atoms in total. The van der Waals surface area contributed by atoms with Gasteiger partial charge >= 0.3 is 12.0 Å². The van der Waals surface area contributed by atoms with Crippen molar-refractivity contribution in [2.75, 3.05) is 13.2 Å². The molecular weight excluding hydrogens is 272 g/mol. The molecule has 1 atom stereocenters. The second-order valence-electron chi connectivity index (χ2n) is 3.96. The van der Waals surface area contributed by atoms with Crippen molar-refractivity contribution < 1.29 is 19.1 Å². The number of nitrogens with zero attached hydrogens (tertiary/aromatic N) is 1. The van der Waals surface area contributed by atoms with E-state index in [1.165, 1.54) is 12.1 Å². The maximum Gasteiger partial charge on any atom is 0.447 e. The van der Waals surface area contributed by atoms with Crippen LogP contribution in [0.4, 0.5) is 10.5 Å². The highest BCUT2D eigenvalue weighted by atomic mass is 35.5. The fourth-order valence-corrected chi connectivity index (χ4v) is 2.17. The Morgan fingerprint density at radius 1 is 1.37 bits per heavy atom. The van der Waals surface area contributed by atoms with Gasteiger partial charge in [-0.05, 0) is 13.0 Å². The number of imide groups is 1. The number of rotatable bonds is 3. The van der Waals surface area contributed by atoms with Crippen LogP contribution in [0, 0.1) is 0 Å². The molecule has 1 aliphatic heterocycles. The number of hydrogen-bond acceptors (Lipinski definition) is 4. The first kappa shape index (κ1) is 13.5. The number of hydrogen-bond donors (Lipinski definition) is 1. The third-order valence-electron chi connectivity index (χ3n) is 2.73. The van der Waals surface area contributed by atoms with Crippen LogP contribution in [0.3, 0.4) is 0 Å². The number of halogens is 1. The molecule has 1 heterocycles. The van der Waals surface area contributed by atoms with Gasteiger partial charge in [0.25, 0.3) is 5.91 Å². The molecule has 0 fully saturated rings. The standard InChI is InChI=1S/C12H11ClN2O4/c1-2-19-10(16)7-15(13)9-6-4-3-5-8(9)11(17)14-12(15)18/h3-6H,2,7H2,1H3/p+1. The molecule has 0 saturated carbocycles. The topological polar surface area (TPSA) is 72.5 Å². The molecule has 3 amide bonds. The van der Waals surface area contributed by atoms with Crippen LogP contribution < -0.4 is 9.32 Å². The van der Waals surface area contributed by atoms with Gasteiger partial charge < -0.3 is 4.74 Å². The summed E-state index contributed by atoms with van der Waals surface area (Å²) in [6.45, 7) is 1.47. The Morgan fingerprint density at radius 3 is 2.74 bits per heavy atom. The summed E-state index contributed by atoms with van der Waals surface area (Å²) >= 11 is 6.22. The molecular formula is C12H12ClN2O4+. The molecule has 19 heavy (non-hydrogen) atoms. The van der Waals surface area contributed by atoms with Crippen LogP contribution in [0.5, 0.6) is 0 Å². The molecule has 1 aromatic rings. The Morgan fingerprint density at radius 2 is 2.05 bits per heavy atom. The van der Waals surface area contributed by atoms with E-state index in [4.69, 9.17) is 16.5 Å². The SMILES string of the molecule is CCOC(=O)C[N+]1(Cl)C(=O)NC(=O)c2ccccc21. The lowest BCUT2D eigenvalue weighted by Gasteiger charge is -2.29. The maximum absolute atomic E-state index is 11.9. The highest BCUT2D eigenvalue weighted by Gasteiger charge is 2.49. The van der Waals surface area contributed by atoms with Crippen LogP contribution >= 0.6 is 11.8 Å². The molecule has 100 valence electrons. The number of fused-ring (bicyclic) bond motifs is 1. The summed E-state index contributed by atoms with van der Waals surface area (Å²) in [7, 11) is 0. The van der Waals surface area contributed by atoms with Gasteiger partial charge in [-0.2, -0.15) is 0 Å². The third kappa shape index (κ3) is 2.32. The molecule has 1 aromatic carbocycles. The van der Waals surface area contributed by atoms with E-state index in [2.05, 4.69) is 5.32 Å². The minimum Gasteiger partial charge on any atom is -0.462 e. The predicted molar refractivity (Wildman–Crippen MR) is 68.5 cm³/mol. The van der Waals surface area contributed by atoms with Gasteiger partial charge in [0, 0.05) is 6.07 Å². The van der Waals surface area contributed by atoms with Crippen LogP contribution in [0.2, 0.25) is 0 Å². The number of nitrogens with one attached hydrogen (secondary N) is 1. The highest BCUT2D eigenvalue weighted by molar-refractivity contribution is 6.36. The Hall–Kier alpha value is -1.92. The van der Waals surface area contributed by atoms with Gasteiger partial charge in [-0.15, -0.1) is 0 Å². The summed E-state index contributed by atoms with van der Waals surface area (Å²) in [6.07, 6.45) is 0. The Balaban J connectivity index is 2.44. The fourth-order valence-electron chi connectivity index (χ4n) is 1.88. The van der Waals surface area contributed by atoms with E-state index in [1.807, 2.05) is 0 Å². The van der Waals surface area contributed by atoms with E-state index >= 15 is 0 Å². The van der Waals surface area contributed by atoms with Crippen LogP contribution in [0.25, 0.3) is 0 Å². The van der Waals surface area contributed by atoms with Crippen molar-refractivity contribution in [3.8, 4) is 0 Å². The van der Waals surface area contributed by atoms with Crippen molar-refractivity contribution in [3.05, 3.63) is 29.8 Å². The van der Waals surface area contributed by atoms with E-state index in [9.17, 15) is 14.4 Å². The largest absolute Gasteiger partial charge is 0.462 e. The molecule has 0 spiro atoms. The summed E-state index contributed by atoms with van der Waals surface area (Å²) in [5, 5.41) is 2.13. The van der Waals surface area contributed by atoms with Crippen molar-refractivity contribution in [2.45, 2.75) is 6.92 Å². The van der Waals surface area contributed by atoms with Crippen LogP contribution in [-0.2, 0) is 9.53 Å². The van der Waals surface area contributed by atoms with E-state index in [1.54, 1.807) is 19.1 Å². The van der Waals surface area contributed by atoms with Crippen molar-refractivity contribution >= 4 is 35.4 Å². The minimum absolute atomic E-state index is 0.192. The number of urea groups is 1. The Bertz CT molecular complexity index is 560. The summed E-state index contributed by atoms with van der Waals surface area (Å²) in [6, 6.07) is 5.61. The molecule has 1 N–H and O–H groups in total. The second kappa shape index (κ2) is 4.99. The van der Waals surface area contributed by atoms with Gasteiger partial charge in [-0.25, -0.2) is 14.9 Å². The van der Waals surface area contributed by atoms with Crippen molar-refractivity contribution in [1.29, 1.82) is 0 Å². The van der Waals surface area contributed by atoms with Gasteiger partial charge in [-0.3, -0.25) is 4.79 Å². The van der Waals surface area contributed by atoms with Gasteiger partial charge in [0.1, 0.15) is 5.56 Å². The number of benzene rings is 1. The summed E-state index contributed by atoms with van der Waals surface area (Å²) in [5.41, 5.74) is 0.535.